The van der Waals surface area contributed by atoms with E-state index in [-0.39, 0.29) is 5.41 Å². The molecular weight excluding hydrogens is 364 g/mol. The predicted octanol–water partition coefficient (Wildman–Crippen LogP) is 5.43. The average Bonchev–Trinajstić information content (AvgIpc) is 2.70. The summed E-state index contributed by atoms with van der Waals surface area (Å²) < 4.78 is 0. The second-order valence-electron chi connectivity index (χ2n) is 7.67. The number of halogens is 1. The van der Waals surface area contributed by atoms with Gasteiger partial charge in [0.25, 0.3) is 0 Å². The third-order valence-electron chi connectivity index (χ3n) is 5.57. The number of hydrogen-bond donors (Lipinski definition) is 1. The molecule has 0 aliphatic carbocycles. The van der Waals surface area contributed by atoms with Crippen molar-refractivity contribution in [1.29, 1.82) is 0 Å². The SMILES string of the molecule is C=C(C=Cc1ccc(N(CC)CCCl)cc1C)C(C)(C)c1ccccc1[NH2+]C. The fourth-order valence-electron chi connectivity index (χ4n) is 3.50. The smallest absolute Gasteiger partial charge is 0.133 e. The summed E-state index contributed by atoms with van der Waals surface area (Å²) in [5, 5.41) is 2.16. The maximum absolute atomic E-state index is 5.93. The van der Waals surface area contributed by atoms with Gasteiger partial charge in [-0.15, -0.1) is 11.6 Å². The molecule has 0 heterocycles. The summed E-state index contributed by atoms with van der Waals surface area (Å²) in [5.41, 5.74) is 7.24. The molecule has 0 saturated heterocycles. The number of hydrogen-bond acceptors (Lipinski definition) is 1. The number of allylic oxidation sites excluding steroid dienone is 2. The van der Waals surface area contributed by atoms with E-state index in [0.29, 0.717) is 5.88 Å². The van der Waals surface area contributed by atoms with E-state index in [1.165, 1.54) is 28.1 Å². The molecule has 0 aliphatic rings. The van der Waals surface area contributed by atoms with E-state index >= 15 is 0 Å². The molecule has 0 aliphatic heterocycles. The Morgan fingerprint density at radius 3 is 2.54 bits per heavy atom. The van der Waals surface area contributed by atoms with Crippen molar-refractivity contribution in [2.75, 3.05) is 30.9 Å². The maximum Gasteiger partial charge on any atom is 0.133 e. The summed E-state index contributed by atoms with van der Waals surface area (Å²) in [6, 6.07) is 15.2. The molecule has 0 fully saturated rings. The molecule has 2 aromatic carbocycles. The van der Waals surface area contributed by atoms with Gasteiger partial charge >= 0.3 is 0 Å². The third-order valence-corrected chi connectivity index (χ3v) is 5.74. The third kappa shape index (κ3) is 5.06. The van der Waals surface area contributed by atoms with E-state index in [2.05, 4.69) is 106 Å². The number of rotatable bonds is 9. The van der Waals surface area contributed by atoms with Crippen LogP contribution in [0.2, 0.25) is 0 Å². The second-order valence-corrected chi connectivity index (χ2v) is 8.05. The standard InChI is InChI=1S/C25H33ClN2/c1-7-28(17-16-26)22-15-14-21(19(2)18-22)13-12-20(3)25(4,5)23-10-8-9-11-24(23)27-6/h8-15,18,27H,3,7,16-17H2,1-2,4-6H3/p+1. The lowest BCUT2D eigenvalue weighted by Gasteiger charge is -2.27. The van der Waals surface area contributed by atoms with Crippen LogP contribution in [0.25, 0.3) is 6.08 Å². The Balaban J connectivity index is 2.24. The molecule has 0 radical (unpaired) electrons. The number of nitrogens with zero attached hydrogens (tertiary/aromatic N) is 1. The van der Waals surface area contributed by atoms with Crippen molar-refractivity contribution in [3.8, 4) is 0 Å². The van der Waals surface area contributed by atoms with Gasteiger partial charge in [0.2, 0.25) is 0 Å². The summed E-state index contributed by atoms with van der Waals surface area (Å²) >= 11 is 5.93. The molecule has 2 aromatic rings. The van der Waals surface area contributed by atoms with Crippen molar-refractivity contribution in [2.24, 2.45) is 0 Å². The number of aryl methyl sites for hydroxylation is 1. The number of quaternary nitrogens is 1. The lowest BCUT2D eigenvalue weighted by molar-refractivity contribution is -0.540. The molecule has 150 valence electrons. The number of nitrogens with two attached hydrogens (primary N) is 1. The molecule has 0 aromatic heterocycles. The Bertz CT molecular complexity index is 836. The fourth-order valence-corrected chi connectivity index (χ4v) is 3.71. The molecule has 0 spiro atoms. The van der Waals surface area contributed by atoms with Gasteiger partial charge in [-0.25, -0.2) is 0 Å². The Kier molecular flexibility index (Phi) is 7.91. The first-order chi connectivity index (χ1) is 13.3. The van der Waals surface area contributed by atoms with Crippen LogP contribution < -0.4 is 10.2 Å². The molecule has 28 heavy (non-hydrogen) atoms. The molecule has 0 bridgehead atoms. The van der Waals surface area contributed by atoms with Crippen molar-refractivity contribution in [3.05, 3.63) is 77.4 Å². The van der Waals surface area contributed by atoms with E-state index in [1.807, 2.05) is 0 Å². The van der Waals surface area contributed by atoms with Crippen LogP contribution in [-0.4, -0.2) is 26.0 Å². The van der Waals surface area contributed by atoms with Gasteiger partial charge in [0.05, 0.1) is 7.05 Å². The summed E-state index contributed by atoms with van der Waals surface area (Å²) in [6.45, 7) is 15.0. The fraction of sp³-hybridized carbons (Fsp3) is 0.360. The van der Waals surface area contributed by atoms with Crippen LogP contribution in [-0.2, 0) is 5.41 Å². The maximum atomic E-state index is 5.93. The summed E-state index contributed by atoms with van der Waals surface area (Å²) in [6.07, 6.45) is 4.34. The van der Waals surface area contributed by atoms with Crippen LogP contribution >= 0.6 is 11.6 Å². The van der Waals surface area contributed by atoms with Crippen molar-refractivity contribution < 1.29 is 5.32 Å². The van der Waals surface area contributed by atoms with Crippen molar-refractivity contribution in [2.45, 2.75) is 33.1 Å². The zero-order valence-electron chi connectivity index (χ0n) is 17.9. The highest BCUT2D eigenvalue weighted by Crippen LogP contribution is 2.34. The second kappa shape index (κ2) is 9.95. The van der Waals surface area contributed by atoms with Crippen LogP contribution in [0.1, 0.15) is 37.5 Å². The van der Waals surface area contributed by atoms with E-state index in [4.69, 9.17) is 11.6 Å². The Morgan fingerprint density at radius 1 is 1.21 bits per heavy atom. The Hall–Kier alpha value is -2.03. The van der Waals surface area contributed by atoms with Gasteiger partial charge in [0, 0.05) is 35.6 Å². The van der Waals surface area contributed by atoms with Crippen LogP contribution in [0.5, 0.6) is 0 Å². The molecule has 2 rings (SSSR count). The monoisotopic (exact) mass is 397 g/mol. The van der Waals surface area contributed by atoms with Crippen LogP contribution in [0.4, 0.5) is 11.4 Å². The van der Waals surface area contributed by atoms with Gasteiger partial charge in [0.1, 0.15) is 5.69 Å². The highest BCUT2D eigenvalue weighted by molar-refractivity contribution is 6.18. The molecule has 2 nitrogen and oxygen atoms in total. The topological polar surface area (TPSA) is 19.9 Å². The average molecular weight is 398 g/mol. The number of anilines is 1. The molecule has 0 saturated carbocycles. The van der Waals surface area contributed by atoms with Gasteiger partial charge in [-0.2, -0.15) is 0 Å². The molecule has 2 N–H and O–H groups in total. The summed E-state index contributed by atoms with van der Waals surface area (Å²) in [5.74, 6) is 0.639. The number of alkyl halides is 1. The van der Waals surface area contributed by atoms with Gasteiger partial charge in [0.15, 0.2) is 0 Å². The van der Waals surface area contributed by atoms with Crippen molar-refractivity contribution in [1.82, 2.24) is 0 Å². The molecule has 0 unspecified atom stereocenters. The van der Waals surface area contributed by atoms with Gasteiger partial charge in [-0.05, 0) is 48.7 Å². The molecule has 0 amide bonds. The largest absolute Gasteiger partial charge is 0.371 e. The first kappa shape index (κ1) is 22.3. The molecule has 0 atom stereocenters. The van der Waals surface area contributed by atoms with Crippen LogP contribution in [0, 0.1) is 6.92 Å². The molecular formula is C25H34ClN2+. The zero-order chi connectivity index (χ0) is 20.7. The molecule has 3 heteroatoms. The van der Waals surface area contributed by atoms with Crippen LogP contribution in [0.3, 0.4) is 0 Å². The lowest BCUT2D eigenvalue weighted by Crippen LogP contribution is -2.73. The quantitative estimate of drug-likeness (QED) is 0.339. The Morgan fingerprint density at radius 2 is 1.93 bits per heavy atom. The van der Waals surface area contributed by atoms with Crippen molar-refractivity contribution >= 4 is 29.1 Å². The van der Waals surface area contributed by atoms with Crippen molar-refractivity contribution in [3.63, 3.8) is 0 Å². The highest BCUT2D eigenvalue weighted by atomic mass is 35.5. The van der Waals surface area contributed by atoms with E-state index in [1.54, 1.807) is 0 Å². The normalized spacial score (nSPS) is 11.8. The van der Waals surface area contributed by atoms with Gasteiger partial charge in [-0.1, -0.05) is 56.8 Å². The first-order valence-corrected chi connectivity index (χ1v) is 10.6. The van der Waals surface area contributed by atoms with Gasteiger partial charge < -0.3 is 10.2 Å². The minimum Gasteiger partial charge on any atom is -0.371 e. The first-order valence-electron chi connectivity index (χ1n) is 10.0. The van der Waals surface area contributed by atoms with E-state index in [0.717, 1.165) is 18.7 Å². The van der Waals surface area contributed by atoms with E-state index in [9.17, 15) is 0 Å². The van der Waals surface area contributed by atoms with Crippen LogP contribution in [0.15, 0.2) is 60.7 Å². The zero-order valence-corrected chi connectivity index (χ0v) is 18.7. The Labute approximate surface area is 175 Å². The highest BCUT2D eigenvalue weighted by Gasteiger charge is 2.26. The number of benzene rings is 2. The summed E-state index contributed by atoms with van der Waals surface area (Å²) in [7, 11) is 2.09. The number of para-hydroxylation sites is 1. The summed E-state index contributed by atoms with van der Waals surface area (Å²) in [4.78, 5) is 2.30. The minimum absolute atomic E-state index is 0.132. The lowest BCUT2D eigenvalue weighted by atomic mass is 9.77. The predicted molar refractivity (Wildman–Crippen MR) is 125 cm³/mol. The van der Waals surface area contributed by atoms with Gasteiger partial charge in [-0.3, -0.25) is 0 Å². The van der Waals surface area contributed by atoms with E-state index < -0.39 is 0 Å². The minimum atomic E-state index is -0.132.